The summed E-state index contributed by atoms with van der Waals surface area (Å²) < 4.78 is 10.7. The van der Waals surface area contributed by atoms with Crippen molar-refractivity contribution < 1.29 is 9.47 Å². The Morgan fingerprint density at radius 3 is 2.79 bits per heavy atom. The molecule has 1 spiro atoms. The summed E-state index contributed by atoms with van der Waals surface area (Å²) in [5.41, 5.74) is 4.45. The molecular formula is C20H22ClNO2. The zero-order valence-electron chi connectivity index (χ0n) is 14.1. The van der Waals surface area contributed by atoms with Crippen LogP contribution in [0.5, 0.6) is 11.5 Å². The van der Waals surface area contributed by atoms with E-state index in [0.29, 0.717) is 28.0 Å². The Labute approximate surface area is 147 Å². The van der Waals surface area contributed by atoms with E-state index in [9.17, 15) is 0 Å². The minimum atomic E-state index is 0.347. The molecule has 2 aromatic rings. The first-order chi connectivity index (χ1) is 11.7. The van der Waals surface area contributed by atoms with Gasteiger partial charge in [0, 0.05) is 18.0 Å². The molecule has 0 heterocycles. The molecular weight excluding hydrogens is 322 g/mol. The van der Waals surface area contributed by atoms with Crippen LogP contribution < -0.4 is 14.8 Å². The number of fused-ring (bicyclic) bond motifs is 2. The summed E-state index contributed by atoms with van der Waals surface area (Å²) in [5, 5.41) is 4.33. The number of aryl methyl sites for hydroxylation is 1. The molecule has 0 aliphatic heterocycles. The highest BCUT2D eigenvalue weighted by atomic mass is 35.5. The first kappa shape index (κ1) is 15.8. The molecule has 2 unspecified atom stereocenters. The highest BCUT2D eigenvalue weighted by molar-refractivity contribution is 6.33. The second-order valence-corrected chi connectivity index (χ2v) is 7.10. The van der Waals surface area contributed by atoms with Crippen molar-refractivity contribution in [1.29, 1.82) is 0 Å². The van der Waals surface area contributed by atoms with Crippen molar-refractivity contribution in [2.75, 3.05) is 14.2 Å². The quantitative estimate of drug-likeness (QED) is 0.886. The van der Waals surface area contributed by atoms with Crippen molar-refractivity contribution in [3.8, 4) is 11.5 Å². The van der Waals surface area contributed by atoms with E-state index in [-0.39, 0.29) is 0 Å². The predicted octanol–water partition coefficient (Wildman–Crippen LogP) is 4.10. The number of hydrogen-bond donors (Lipinski definition) is 1. The van der Waals surface area contributed by atoms with Crippen molar-refractivity contribution >= 4 is 11.6 Å². The van der Waals surface area contributed by atoms with Gasteiger partial charge in [-0.3, -0.25) is 0 Å². The van der Waals surface area contributed by atoms with Gasteiger partial charge in [-0.2, -0.15) is 0 Å². The molecule has 4 rings (SSSR count). The van der Waals surface area contributed by atoms with E-state index in [1.165, 1.54) is 24.8 Å². The number of methoxy groups -OCH3 is 2. The smallest absolute Gasteiger partial charge is 0.179 e. The fourth-order valence-corrected chi connectivity index (χ4v) is 4.46. The standard InChI is InChI=1S/C20H22ClNO2/c1-23-16-8-7-14(18(21)19(16)24-2)12-22-17-11-20(17)10-9-13-5-3-4-6-15(13)20/h3-8,17,22H,9-12H2,1-2H3. The second kappa shape index (κ2) is 5.98. The average molecular weight is 344 g/mol. The Morgan fingerprint density at radius 1 is 1.17 bits per heavy atom. The maximum atomic E-state index is 6.48. The van der Waals surface area contributed by atoms with Gasteiger partial charge in [0.15, 0.2) is 11.5 Å². The molecule has 24 heavy (non-hydrogen) atoms. The topological polar surface area (TPSA) is 30.5 Å². The number of benzene rings is 2. The summed E-state index contributed by atoms with van der Waals surface area (Å²) in [6.45, 7) is 0.744. The summed E-state index contributed by atoms with van der Waals surface area (Å²) in [7, 11) is 3.24. The minimum Gasteiger partial charge on any atom is -0.493 e. The Balaban J connectivity index is 1.48. The van der Waals surface area contributed by atoms with Crippen LogP contribution in [0.2, 0.25) is 5.02 Å². The van der Waals surface area contributed by atoms with Gasteiger partial charge in [-0.1, -0.05) is 41.9 Å². The zero-order valence-corrected chi connectivity index (χ0v) is 14.8. The highest BCUT2D eigenvalue weighted by Gasteiger charge is 2.57. The van der Waals surface area contributed by atoms with Crippen LogP contribution in [-0.2, 0) is 18.4 Å². The molecule has 3 nitrogen and oxygen atoms in total. The van der Waals surface area contributed by atoms with Crippen LogP contribution in [0.15, 0.2) is 36.4 Å². The van der Waals surface area contributed by atoms with E-state index >= 15 is 0 Å². The van der Waals surface area contributed by atoms with Gasteiger partial charge in [0.25, 0.3) is 0 Å². The Morgan fingerprint density at radius 2 is 2.00 bits per heavy atom. The van der Waals surface area contributed by atoms with Crippen LogP contribution in [0.3, 0.4) is 0 Å². The van der Waals surface area contributed by atoms with Crippen LogP contribution >= 0.6 is 11.6 Å². The fraction of sp³-hybridized carbons (Fsp3) is 0.400. The number of ether oxygens (including phenoxy) is 2. The summed E-state index contributed by atoms with van der Waals surface area (Å²) in [6.07, 6.45) is 3.67. The van der Waals surface area contributed by atoms with Crippen molar-refractivity contribution in [2.45, 2.75) is 37.3 Å². The number of rotatable bonds is 5. The Bertz CT molecular complexity index is 776. The molecule has 0 saturated heterocycles. The van der Waals surface area contributed by atoms with E-state index in [0.717, 1.165) is 12.1 Å². The van der Waals surface area contributed by atoms with Gasteiger partial charge >= 0.3 is 0 Å². The maximum Gasteiger partial charge on any atom is 0.179 e. The first-order valence-electron chi connectivity index (χ1n) is 8.41. The van der Waals surface area contributed by atoms with Gasteiger partial charge in [0.1, 0.15) is 0 Å². The van der Waals surface area contributed by atoms with Gasteiger partial charge in [0.2, 0.25) is 0 Å². The molecule has 0 aromatic heterocycles. The highest BCUT2D eigenvalue weighted by Crippen LogP contribution is 2.56. The normalized spacial score (nSPS) is 24.0. The maximum absolute atomic E-state index is 6.48. The van der Waals surface area contributed by atoms with Crippen LogP contribution in [0.25, 0.3) is 0 Å². The van der Waals surface area contributed by atoms with Crippen molar-refractivity contribution in [3.05, 3.63) is 58.1 Å². The molecule has 2 aliphatic carbocycles. The van der Waals surface area contributed by atoms with E-state index in [1.807, 2.05) is 12.1 Å². The third-order valence-electron chi connectivity index (χ3n) is 5.57. The van der Waals surface area contributed by atoms with Crippen LogP contribution in [0, 0.1) is 0 Å². The fourth-order valence-electron chi connectivity index (χ4n) is 4.16. The summed E-state index contributed by atoms with van der Waals surface area (Å²) >= 11 is 6.48. The summed E-state index contributed by atoms with van der Waals surface area (Å²) in [4.78, 5) is 0. The first-order valence-corrected chi connectivity index (χ1v) is 8.78. The number of nitrogens with one attached hydrogen (secondary N) is 1. The van der Waals surface area contributed by atoms with Gasteiger partial charge in [-0.15, -0.1) is 0 Å². The monoisotopic (exact) mass is 343 g/mol. The minimum absolute atomic E-state index is 0.347. The molecule has 0 bridgehead atoms. The molecule has 2 aromatic carbocycles. The zero-order chi connectivity index (χ0) is 16.7. The van der Waals surface area contributed by atoms with Crippen LogP contribution in [0.1, 0.15) is 29.5 Å². The van der Waals surface area contributed by atoms with Crippen molar-refractivity contribution in [1.82, 2.24) is 5.32 Å². The third-order valence-corrected chi connectivity index (χ3v) is 5.99. The molecule has 0 amide bonds. The van der Waals surface area contributed by atoms with E-state index < -0.39 is 0 Å². The van der Waals surface area contributed by atoms with E-state index in [1.54, 1.807) is 19.8 Å². The lowest BCUT2D eigenvalue weighted by molar-refractivity contribution is 0.354. The Kier molecular flexibility index (Phi) is 3.93. The molecule has 2 atom stereocenters. The van der Waals surface area contributed by atoms with Gasteiger partial charge in [-0.25, -0.2) is 0 Å². The molecule has 4 heteroatoms. The molecule has 1 saturated carbocycles. The van der Waals surface area contributed by atoms with Gasteiger partial charge in [-0.05, 0) is 42.0 Å². The van der Waals surface area contributed by atoms with Gasteiger partial charge < -0.3 is 14.8 Å². The van der Waals surface area contributed by atoms with Crippen molar-refractivity contribution in [3.63, 3.8) is 0 Å². The number of halogens is 1. The van der Waals surface area contributed by atoms with Crippen molar-refractivity contribution in [2.24, 2.45) is 0 Å². The molecule has 126 valence electrons. The molecule has 1 N–H and O–H groups in total. The average Bonchev–Trinajstić information content (AvgIpc) is 3.20. The summed E-state index contributed by atoms with van der Waals surface area (Å²) in [6, 6.07) is 13.3. The Hall–Kier alpha value is -1.71. The second-order valence-electron chi connectivity index (χ2n) is 6.73. The third kappa shape index (κ3) is 2.38. The molecule has 1 fully saturated rings. The molecule has 0 radical (unpaired) electrons. The van der Waals surface area contributed by atoms with Crippen LogP contribution in [-0.4, -0.2) is 20.3 Å². The van der Waals surface area contributed by atoms with E-state index in [2.05, 4.69) is 29.6 Å². The lowest BCUT2D eigenvalue weighted by Gasteiger charge is -2.15. The largest absolute Gasteiger partial charge is 0.493 e. The van der Waals surface area contributed by atoms with Gasteiger partial charge in [0.05, 0.1) is 19.2 Å². The predicted molar refractivity (Wildman–Crippen MR) is 96.2 cm³/mol. The lowest BCUT2D eigenvalue weighted by Crippen LogP contribution is -2.24. The summed E-state index contributed by atoms with van der Waals surface area (Å²) in [5.74, 6) is 1.27. The number of hydrogen-bond acceptors (Lipinski definition) is 3. The SMILES string of the molecule is COc1ccc(CNC2CC23CCc2ccccc23)c(Cl)c1OC. The van der Waals surface area contributed by atoms with Crippen LogP contribution in [0.4, 0.5) is 0 Å². The molecule has 2 aliphatic rings. The lowest BCUT2D eigenvalue weighted by atomic mass is 9.97. The van der Waals surface area contributed by atoms with E-state index in [4.69, 9.17) is 21.1 Å².